The minimum Gasteiger partial charge on any atom is -0.366 e. The number of hydrogen-bond donors (Lipinski definition) is 1. The van der Waals surface area contributed by atoms with Crippen LogP contribution in [-0.2, 0) is 16.9 Å². The molecule has 1 aromatic rings. The molecule has 1 spiro atoms. The summed E-state index contributed by atoms with van der Waals surface area (Å²) < 4.78 is 7.28. The maximum atomic E-state index is 6.13. The van der Waals surface area contributed by atoms with E-state index in [4.69, 9.17) is 4.74 Å². The standard InChI is InChI=1S/C13H16BrNO/c14-11-2-3-12-10(8-11)9-16-13(12)4-1-6-15-7-5-13/h2-3,8,15H,1,4-7,9H2/t13-/m1/s1. The molecule has 0 radical (unpaired) electrons. The molecule has 0 saturated carbocycles. The molecular formula is C13H16BrNO. The van der Waals surface area contributed by atoms with Crippen LogP contribution in [0.25, 0.3) is 0 Å². The second-order valence-electron chi connectivity index (χ2n) is 4.69. The van der Waals surface area contributed by atoms with Crippen molar-refractivity contribution in [2.75, 3.05) is 13.1 Å². The van der Waals surface area contributed by atoms with E-state index < -0.39 is 0 Å². The highest BCUT2D eigenvalue weighted by molar-refractivity contribution is 9.10. The molecule has 0 aromatic heterocycles. The Morgan fingerprint density at radius 2 is 2.19 bits per heavy atom. The van der Waals surface area contributed by atoms with Crippen LogP contribution < -0.4 is 5.32 Å². The van der Waals surface area contributed by atoms with Crippen LogP contribution in [0.1, 0.15) is 30.4 Å². The van der Waals surface area contributed by atoms with Gasteiger partial charge in [0.25, 0.3) is 0 Å². The van der Waals surface area contributed by atoms with Crippen molar-refractivity contribution < 1.29 is 4.74 Å². The van der Waals surface area contributed by atoms with E-state index in [0.717, 1.165) is 37.0 Å². The van der Waals surface area contributed by atoms with E-state index in [9.17, 15) is 0 Å². The number of ether oxygens (including phenoxy) is 1. The van der Waals surface area contributed by atoms with Gasteiger partial charge in [-0.05, 0) is 55.6 Å². The van der Waals surface area contributed by atoms with Gasteiger partial charge in [0.2, 0.25) is 0 Å². The molecule has 0 bridgehead atoms. The Morgan fingerprint density at radius 3 is 3.12 bits per heavy atom. The van der Waals surface area contributed by atoms with Crippen LogP contribution in [0.5, 0.6) is 0 Å². The van der Waals surface area contributed by atoms with Crippen LogP contribution in [0.4, 0.5) is 0 Å². The Kier molecular flexibility index (Phi) is 2.78. The number of halogens is 1. The molecule has 2 heterocycles. The van der Waals surface area contributed by atoms with Crippen molar-refractivity contribution in [3.05, 3.63) is 33.8 Å². The molecule has 3 rings (SSSR count). The van der Waals surface area contributed by atoms with E-state index in [0.29, 0.717) is 0 Å². The Bertz CT molecular complexity index is 397. The zero-order valence-corrected chi connectivity index (χ0v) is 10.8. The van der Waals surface area contributed by atoms with Gasteiger partial charge in [0, 0.05) is 4.47 Å². The summed E-state index contributed by atoms with van der Waals surface area (Å²) >= 11 is 3.52. The van der Waals surface area contributed by atoms with Crippen molar-refractivity contribution in [2.45, 2.75) is 31.5 Å². The predicted molar refractivity (Wildman–Crippen MR) is 67.3 cm³/mol. The molecular weight excluding hydrogens is 266 g/mol. The first kappa shape index (κ1) is 10.8. The van der Waals surface area contributed by atoms with Gasteiger partial charge in [-0.3, -0.25) is 0 Å². The third-order valence-corrected chi connectivity index (χ3v) is 4.20. The van der Waals surface area contributed by atoms with Gasteiger partial charge >= 0.3 is 0 Å². The Hall–Kier alpha value is -0.380. The quantitative estimate of drug-likeness (QED) is 0.790. The molecule has 3 heteroatoms. The molecule has 2 nitrogen and oxygen atoms in total. The van der Waals surface area contributed by atoms with Crippen LogP contribution in [0.15, 0.2) is 22.7 Å². The number of rotatable bonds is 0. The summed E-state index contributed by atoms with van der Waals surface area (Å²) in [5.74, 6) is 0. The van der Waals surface area contributed by atoms with Gasteiger partial charge in [-0.1, -0.05) is 22.0 Å². The highest BCUT2D eigenvalue weighted by atomic mass is 79.9. The highest BCUT2D eigenvalue weighted by Crippen LogP contribution is 2.43. The number of nitrogens with one attached hydrogen (secondary N) is 1. The fraction of sp³-hybridized carbons (Fsp3) is 0.538. The van der Waals surface area contributed by atoms with E-state index in [-0.39, 0.29) is 5.60 Å². The van der Waals surface area contributed by atoms with Crippen LogP contribution >= 0.6 is 15.9 Å². The first-order chi connectivity index (χ1) is 7.80. The lowest BCUT2D eigenvalue weighted by molar-refractivity contribution is -0.0469. The minimum absolute atomic E-state index is 0.000463. The highest BCUT2D eigenvalue weighted by Gasteiger charge is 2.39. The van der Waals surface area contributed by atoms with Crippen LogP contribution in [0.2, 0.25) is 0 Å². The average Bonchev–Trinajstić information content (AvgIpc) is 2.48. The molecule has 1 aromatic carbocycles. The Balaban J connectivity index is 2.00. The molecule has 2 aliphatic heterocycles. The van der Waals surface area contributed by atoms with Gasteiger partial charge in [-0.15, -0.1) is 0 Å². The first-order valence-electron chi connectivity index (χ1n) is 5.94. The van der Waals surface area contributed by atoms with Crippen LogP contribution in [0, 0.1) is 0 Å². The van der Waals surface area contributed by atoms with Crippen molar-refractivity contribution in [3.8, 4) is 0 Å². The second kappa shape index (κ2) is 4.13. The summed E-state index contributed by atoms with van der Waals surface area (Å²) in [6.45, 7) is 2.96. The summed E-state index contributed by atoms with van der Waals surface area (Å²) in [6, 6.07) is 6.56. The normalized spacial score (nSPS) is 29.1. The predicted octanol–water partition coefficient (Wildman–Crippen LogP) is 2.95. The van der Waals surface area contributed by atoms with Gasteiger partial charge in [-0.2, -0.15) is 0 Å². The summed E-state index contributed by atoms with van der Waals surface area (Å²) in [4.78, 5) is 0. The van der Waals surface area contributed by atoms with Crippen molar-refractivity contribution in [1.29, 1.82) is 0 Å². The maximum absolute atomic E-state index is 6.13. The van der Waals surface area contributed by atoms with Crippen molar-refractivity contribution >= 4 is 15.9 Å². The lowest BCUT2D eigenvalue weighted by Gasteiger charge is -2.27. The zero-order valence-electron chi connectivity index (χ0n) is 9.26. The second-order valence-corrected chi connectivity index (χ2v) is 5.60. The van der Waals surface area contributed by atoms with Crippen LogP contribution in [-0.4, -0.2) is 13.1 Å². The summed E-state index contributed by atoms with van der Waals surface area (Å²) in [6.07, 6.45) is 3.45. The summed E-state index contributed by atoms with van der Waals surface area (Å²) in [5, 5.41) is 3.45. The molecule has 16 heavy (non-hydrogen) atoms. The third-order valence-electron chi connectivity index (χ3n) is 3.70. The molecule has 0 unspecified atom stereocenters. The van der Waals surface area contributed by atoms with Crippen LogP contribution in [0.3, 0.4) is 0 Å². The van der Waals surface area contributed by atoms with Crippen molar-refractivity contribution in [1.82, 2.24) is 5.32 Å². The van der Waals surface area contributed by atoms with E-state index >= 15 is 0 Å². The van der Waals surface area contributed by atoms with Gasteiger partial charge in [-0.25, -0.2) is 0 Å². The van der Waals surface area contributed by atoms with E-state index in [2.05, 4.69) is 39.4 Å². The minimum atomic E-state index is -0.000463. The molecule has 0 aliphatic carbocycles. The molecule has 1 fully saturated rings. The lowest BCUT2D eigenvalue weighted by atomic mass is 9.86. The molecule has 1 saturated heterocycles. The Morgan fingerprint density at radius 1 is 1.25 bits per heavy atom. The third kappa shape index (κ3) is 1.71. The topological polar surface area (TPSA) is 21.3 Å². The Labute approximate surface area is 105 Å². The van der Waals surface area contributed by atoms with Gasteiger partial charge in [0.15, 0.2) is 0 Å². The molecule has 2 aliphatic rings. The van der Waals surface area contributed by atoms with E-state index in [1.165, 1.54) is 17.5 Å². The number of hydrogen-bond acceptors (Lipinski definition) is 2. The maximum Gasteiger partial charge on any atom is 0.0951 e. The largest absolute Gasteiger partial charge is 0.366 e. The fourth-order valence-electron chi connectivity index (χ4n) is 2.87. The molecule has 0 amide bonds. The van der Waals surface area contributed by atoms with E-state index in [1.54, 1.807) is 0 Å². The first-order valence-corrected chi connectivity index (χ1v) is 6.73. The van der Waals surface area contributed by atoms with Gasteiger partial charge in [0.1, 0.15) is 0 Å². The lowest BCUT2D eigenvalue weighted by Crippen LogP contribution is -2.26. The molecule has 1 N–H and O–H groups in total. The zero-order chi connectivity index (χ0) is 11.0. The van der Waals surface area contributed by atoms with E-state index in [1.807, 2.05) is 0 Å². The van der Waals surface area contributed by atoms with Gasteiger partial charge in [0.05, 0.1) is 12.2 Å². The van der Waals surface area contributed by atoms with Crippen molar-refractivity contribution in [2.24, 2.45) is 0 Å². The smallest absolute Gasteiger partial charge is 0.0951 e. The summed E-state index contributed by atoms with van der Waals surface area (Å²) in [7, 11) is 0. The summed E-state index contributed by atoms with van der Waals surface area (Å²) in [5.41, 5.74) is 2.77. The molecule has 86 valence electrons. The number of fused-ring (bicyclic) bond motifs is 2. The SMILES string of the molecule is Brc1ccc2c(c1)CO[C@@]21CCCNCC1. The number of benzene rings is 1. The average molecular weight is 282 g/mol. The fourth-order valence-corrected chi connectivity index (χ4v) is 3.28. The monoisotopic (exact) mass is 281 g/mol. The van der Waals surface area contributed by atoms with Gasteiger partial charge < -0.3 is 10.1 Å². The molecule has 1 atom stereocenters. The van der Waals surface area contributed by atoms with Crippen molar-refractivity contribution in [3.63, 3.8) is 0 Å².